The molecule has 0 aliphatic carbocycles. The van der Waals surface area contributed by atoms with Crippen molar-refractivity contribution in [1.29, 1.82) is 0 Å². The molecule has 0 aliphatic heterocycles. The zero-order chi connectivity index (χ0) is 16.1. The van der Waals surface area contributed by atoms with Crippen LogP contribution in [0.1, 0.15) is 11.1 Å². The molecular weight excluding hydrogens is 309 g/mol. The number of aliphatic hydroxyl groups excluding tert-OH is 1. The van der Waals surface area contributed by atoms with E-state index < -0.39 is 5.82 Å². The smallest absolute Gasteiger partial charge is 0.228 e. The fourth-order valence-electron chi connectivity index (χ4n) is 2.02. The minimum atomic E-state index is -0.447. The average Bonchev–Trinajstić information content (AvgIpc) is 2.50. The van der Waals surface area contributed by atoms with E-state index in [2.05, 4.69) is 5.32 Å². The average molecular weight is 324 g/mol. The summed E-state index contributed by atoms with van der Waals surface area (Å²) in [6.07, 6.45) is 0.0274. The van der Waals surface area contributed by atoms with Gasteiger partial charge in [0.25, 0.3) is 0 Å². The van der Waals surface area contributed by atoms with Crippen molar-refractivity contribution in [2.45, 2.75) is 13.0 Å². The van der Waals surface area contributed by atoms with Gasteiger partial charge in [0.15, 0.2) is 0 Å². The second-order valence-corrected chi connectivity index (χ2v) is 5.05. The fraction of sp³-hybridized carbons (Fsp3) is 0.188. The number of methoxy groups -OCH3 is 1. The summed E-state index contributed by atoms with van der Waals surface area (Å²) in [5, 5.41) is 12.2. The van der Waals surface area contributed by atoms with Crippen LogP contribution in [0.2, 0.25) is 5.02 Å². The number of anilines is 1. The van der Waals surface area contributed by atoms with E-state index in [1.807, 2.05) is 0 Å². The molecule has 0 saturated heterocycles. The summed E-state index contributed by atoms with van der Waals surface area (Å²) in [6, 6.07) is 8.86. The summed E-state index contributed by atoms with van der Waals surface area (Å²) in [6.45, 7) is -0.198. The van der Waals surface area contributed by atoms with Crippen molar-refractivity contribution < 1.29 is 19.0 Å². The molecule has 1 amide bonds. The summed E-state index contributed by atoms with van der Waals surface area (Å²) < 4.78 is 18.1. The van der Waals surface area contributed by atoms with Crippen LogP contribution in [0.5, 0.6) is 5.75 Å². The number of nitrogens with one attached hydrogen (secondary N) is 1. The number of carbonyl (C=O) groups is 1. The number of benzene rings is 2. The molecule has 0 saturated carbocycles. The van der Waals surface area contributed by atoms with Crippen LogP contribution >= 0.6 is 11.6 Å². The molecule has 0 aliphatic rings. The van der Waals surface area contributed by atoms with Gasteiger partial charge in [-0.05, 0) is 35.9 Å². The first kappa shape index (κ1) is 16.3. The van der Waals surface area contributed by atoms with Gasteiger partial charge in [-0.3, -0.25) is 4.79 Å². The Morgan fingerprint density at radius 2 is 2.05 bits per heavy atom. The molecule has 6 heteroatoms. The van der Waals surface area contributed by atoms with E-state index in [4.69, 9.17) is 16.3 Å². The molecule has 0 fully saturated rings. The van der Waals surface area contributed by atoms with Crippen LogP contribution in [-0.4, -0.2) is 18.1 Å². The van der Waals surface area contributed by atoms with Crippen molar-refractivity contribution in [1.82, 2.24) is 0 Å². The minimum Gasteiger partial charge on any atom is -0.496 e. The molecule has 4 nitrogen and oxygen atoms in total. The predicted octanol–water partition coefficient (Wildman–Crippen LogP) is 3.16. The van der Waals surface area contributed by atoms with Crippen molar-refractivity contribution in [3.8, 4) is 5.75 Å². The molecule has 2 aromatic carbocycles. The van der Waals surface area contributed by atoms with Gasteiger partial charge in [0.2, 0.25) is 5.91 Å². The summed E-state index contributed by atoms with van der Waals surface area (Å²) in [5.41, 5.74) is 1.64. The van der Waals surface area contributed by atoms with Crippen LogP contribution in [0.4, 0.5) is 10.1 Å². The highest BCUT2D eigenvalue weighted by Crippen LogP contribution is 2.23. The maximum atomic E-state index is 13.0. The molecule has 0 unspecified atom stereocenters. The van der Waals surface area contributed by atoms with E-state index >= 15 is 0 Å². The molecule has 0 bridgehead atoms. The second kappa shape index (κ2) is 7.24. The molecule has 0 radical (unpaired) electrons. The molecular formula is C16H15ClFNO3. The number of ether oxygens (including phenoxy) is 1. The Hall–Kier alpha value is -2.11. The van der Waals surface area contributed by atoms with Gasteiger partial charge in [-0.2, -0.15) is 0 Å². The third-order valence-electron chi connectivity index (χ3n) is 3.10. The van der Waals surface area contributed by atoms with E-state index in [0.717, 1.165) is 0 Å². The summed E-state index contributed by atoms with van der Waals surface area (Å²) >= 11 is 5.89. The topological polar surface area (TPSA) is 58.6 Å². The highest BCUT2D eigenvalue weighted by molar-refractivity contribution is 6.31. The Morgan fingerprint density at radius 3 is 2.68 bits per heavy atom. The largest absolute Gasteiger partial charge is 0.496 e. The molecule has 0 heterocycles. The van der Waals surface area contributed by atoms with Crippen molar-refractivity contribution in [3.05, 3.63) is 58.4 Å². The molecule has 0 spiro atoms. The number of carbonyl (C=O) groups excluding carboxylic acids is 1. The highest BCUT2D eigenvalue weighted by Gasteiger charge is 2.10. The quantitative estimate of drug-likeness (QED) is 0.888. The van der Waals surface area contributed by atoms with Crippen LogP contribution in [-0.2, 0) is 17.8 Å². The van der Waals surface area contributed by atoms with Crippen molar-refractivity contribution in [3.63, 3.8) is 0 Å². The van der Waals surface area contributed by atoms with Gasteiger partial charge in [-0.15, -0.1) is 0 Å². The number of halogens is 2. The molecule has 2 aromatic rings. The summed E-state index contributed by atoms with van der Waals surface area (Å²) in [5.74, 6) is -0.193. The zero-order valence-corrected chi connectivity index (χ0v) is 12.7. The van der Waals surface area contributed by atoms with Gasteiger partial charge in [-0.25, -0.2) is 4.39 Å². The zero-order valence-electron chi connectivity index (χ0n) is 11.9. The number of rotatable bonds is 5. The van der Waals surface area contributed by atoms with Crippen molar-refractivity contribution in [2.75, 3.05) is 12.4 Å². The van der Waals surface area contributed by atoms with E-state index in [1.165, 1.54) is 25.3 Å². The minimum absolute atomic E-state index is 0.0274. The van der Waals surface area contributed by atoms with E-state index in [1.54, 1.807) is 18.2 Å². The third kappa shape index (κ3) is 3.96. The Balaban J connectivity index is 2.08. The van der Waals surface area contributed by atoms with Crippen LogP contribution in [0.3, 0.4) is 0 Å². The van der Waals surface area contributed by atoms with Gasteiger partial charge in [-0.1, -0.05) is 17.7 Å². The molecule has 0 atom stereocenters. The third-order valence-corrected chi connectivity index (χ3v) is 3.45. The maximum Gasteiger partial charge on any atom is 0.228 e. The number of amides is 1. The first-order valence-electron chi connectivity index (χ1n) is 6.55. The van der Waals surface area contributed by atoms with Gasteiger partial charge in [0.1, 0.15) is 11.6 Å². The molecule has 2 N–H and O–H groups in total. The van der Waals surface area contributed by atoms with E-state index in [0.29, 0.717) is 22.6 Å². The predicted molar refractivity (Wildman–Crippen MR) is 82.7 cm³/mol. The SMILES string of the molecule is COc1ccc(NC(=O)Cc2ccc(F)cc2Cl)cc1CO. The molecule has 22 heavy (non-hydrogen) atoms. The first-order valence-corrected chi connectivity index (χ1v) is 6.93. The van der Waals surface area contributed by atoms with Gasteiger partial charge in [0, 0.05) is 16.3 Å². The fourth-order valence-corrected chi connectivity index (χ4v) is 2.26. The van der Waals surface area contributed by atoms with Crippen LogP contribution < -0.4 is 10.1 Å². The molecule has 116 valence electrons. The van der Waals surface area contributed by atoms with Crippen LogP contribution in [0, 0.1) is 5.82 Å². The lowest BCUT2D eigenvalue weighted by atomic mass is 10.1. The van der Waals surface area contributed by atoms with Crippen LogP contribution in [0.15, 0.2) is 36.4 Å². The van der Waals surface area contributed by atoms with Crippen LogP contribution in [0.25, 0.3) is 0 Å². The van der Waals surface area contributed by atoms with Gasteiger partial charge in [0.05, 0.1) is 20.1 Å². The number of hydrogen-bond acceptors (Lipinski definition) is 3. The summed E-state index contributed by atoms with van der Waals surface area (Å²) in [7, 11) is 1.50. The lowest BCUT2D eigenvalue weighted by Crippen LogP contribution is -2.15. The monoisotopic (exact) mass is 323 g/mol. The molecule has 2 rings (SSSR count). The summed E-state index contributed by atoms with van der Waals surface area (Å²) in [4.78, 5) is 12.0. The van der Waals surface area contributed by atoms with Crippen molar-refractivity contribution >= 4 is 23.2 Å². The lowest BCUT2D eigenvalue weighted by Gasteiger charge is -2.10. The normalized spacial score (nSPS) is 10.4. The van der Waals surface area contributed by atoms with E-state index in [9.17, 15) is 14.3 Å². The van der Waals surface area contributed by atoms with E-state index in [-0.39, 0.29) is 24.0 Å². The first-order chi connectivity index (χ1) is 10.5. The Labute approximate surface area is 132 Å². The number of aliphatic hydroxyl groups is 1. The van der Waals surface area contributed by atoms with Gasteiger partial charge >= 0.3 is 0 Å². The Kier molecular flexibility index (Phi) is 5.35. The van der Waals surface area contributed by atoms with Crippen molar-refractivity contribution in [2.24, 2.45) is 0 Å². The number of hydrogen-bond donors (Lipinski definition) is 2. The second-order valence-electron chi connectivity index (χ2n) is 4.65. The highest BCUT2D eigenvalue weighted by atomic mass is 35.5. The van der Waals surface area contributed by atoms with Gasteiger partial charge < -0.3 is 15.2 Å². The maximum absolute atomic E-state index is 13.0. The Morgan fingerprint density at radius 1 is 1.27 bits per heavy atom. The Bertz CT molecular complexity index is 691. The lowest BCUT2D eigenvalue weighted by molar-refractivity contribution is -0.115. The standard InChI is InChI=1S/C16H15ClFNO3/c1-22-15-5-4-13(6-11(15)9-20)19-16(21)7-10-2-3-12(18)8-14(10)17/h2-6,8,20H,7,9H2,1H3,(H,19,21). The molecule has 0 aromatic heterocycles.